The molecule has 2 N–H and O–H groups in total. The highest BCUT2D eigenvalue weighted by molar-refractivity contribution is 9.10. The minimum absolute atomic E-state index is 0.396. The third kappa shape index (κ3) is 3.20. The monoisotopic (exact) mass is 302 g/mol. The third-order valence-corrected chi connectivity index (χ3v) is 4.24. The summed E-state index contributed by atoms with van der Waals surface area (Å²) < 4.78 is 0.973. The second kappa shape index (κ2) is 5.50. The van der Waals surface area contributed by atoms with Gasteiger partial charge in [0.2, 0.25) is 0 Å². The molecule has 0 saturated carbocycles. The summed E-state index contributed by atoms with van der Waals surface area (Å²) >= 11 is 9.42. The third-order valence-electron chi connectivity index (χ3n) is 3.02. The van der Waals surface area contributed by atoms with Crippen molar-refractivity contribution in [2.75, 3.05) is 13.1 Å². The molecule has 2 rings (SSSR count). The van der Waals surface area contributed by atoms with Crippen molar-refractivity contribution >= 4 is 27.5 Å². The summed E-state index contributed by atoms with van der Waals surface area (Å²) in [5.74, 6) is 0. The molecule has 0 aromatic heterocycles. The summed E-state index contributed by atoms with van der Waals surface area (Å²) in [5.41, 5.74) is 7.18. The first-order valence-corrected chi connectivity index (χ1v) is 6.74. The Hall–Kier alpha value is -0.0900. The zero-order chi connectivity index (χ0) is 11.5. The van der Waals surface area contributed by atoms with Gasteiger partial charge in [0, 0.05) is 17.1 Å². The van der Waals surface area contributed by atoms with Crippen molar-refractivity contribution in [3.63, 3.8) is 0 Å². The van der Waals surface area contributed by atoms with Gasteiger partial charge < -0.3 is 5.73 Å². The number of nitrogens with zero attached hydrogens (tertiary/aromatic N) is 1. The van der Waals surface area contributed by atoms with Gasteiger partial charge in [0.05, 0.1) is 5.02 Å². The Balaban J connectivity index is 1.96. The van der Waals surface area contributed by atoms with E-state index in [0.29, 0.717) is 6.04 Å². The SMILES string of the molecule is NC1CCN(Cc2ccc(Cl)c(Br)c2)CC1. The van der Waals surface area contributed by atoms with Crippen molar-refractivity contribution in [1.29, 1.82) is 0 Å². The average Bonchev–Trinajstić information content (AvgIpc) is 2.27. The molecule has 0 bridgehead atoms. The van der Waals surface area contributed by atoms with E-state index in [1.54, 1.807) is 0 Å². The molecule has 0 aliphatic carbocycles. The fourth-order valence-corrected chi connectivity index (χ4v) is 2.55. The molecule has 0 radical (unpaired) electrons. The van der Waals surface area contributed by atoms with E-state index in [0.717, 1.165) is 42.0 Å². The molecular weight excluding hydrogens is 288 g/mol. The lowest BCUT2D eigenvalue weighted by atomic mass is 10.1. The summed E-state index contributed by atoms with van der Waals surface area (Å²) in [5, 5.41) is 0.768. The number of hydrogen-bond acceptors (Lipinski definition) is 2. The Morgan fingerprint density at radius 1 is 1.38 bits per heavy atom. The summed E-state index contributed by atoms with van der Waals surface area (Å²) in [6.07, 6.45) is 2.21. The number of nitrogens with two attached hydrogens (primary N) is 1. The van der Waals surface area contributed by atoms with Crippen LogP contribution in [0.4, 0.5) is 0 Å². The second-order valence-corrected chi connectivity index (χ2v) is 5.62. The Labute approximate surface area is 110 Å². The van der Waals surface area contributed by atoms with E-state index in [9.17, 15) is 0 Å². The summed E-state index contributed by atoms with van der Waals surface area (Å²) in [6.45, 7) is 3.19. The Morgan fingerprint density at radius 3 is 2.69 bits per heavy atom. The molecule has 0 atom stereocenters. The number of halogens is 2. The van der Waals surface area contributed by atoms with Gasteiger partial charge in [-0.3, -0.25) is 4.90 Å². The van der Waals surface area contributed by atoms with Gasteiger partial charge >= 0.3 is 0 Å². The van der Waals surface area contributed by atoms with E-state index in [1.165, 1.54) is 5.56 Å². The van der Waals surface area contributed by atoms with Crippen LogP contribution in [-0.2, 0) is 6.54 Å². The summed E-state index contributed by atoms with van der Waals surface area (Å²) in [6, 6.07) is 6.52. The Bertz CT molecular complexity index is 362. The average molecular weight is 304 g/mol. The molecule has 1 aromatic rings. The number of hydrogen-bond donors (Lipinski definition) is 1. The quantitative estimate of drug-likeness (QED) is 0.910. The van der Waals surface area contributed by atoms with Crippen LogP contribution in [0.5, 0.6) is 0 Å². The van der Waals surface area contributed by atoms with Crippen molar-refractivity contribution < 1.29 is 0 Å². The topological polar surface area (TPSA) is 29.3 Å². The van der Waals surface area contributed by atoms with E-state index >= 15 is 0 Å². The highest BCUT2D eigenvalue weighted by Crippen LogP contribution is 2.24. The standard InChI is InChI=1S/C12H16BrClN2/c13-11-7-9(1-2-12(11)14)8-16-5-3-10(15)4-6-16/h1-2,7,10H,3-6,8,15H2. The van der Waals surface area contributed by atoms with Gasteiger partial charge in [-0.15, -0.1) is 0 Å². The lowest BCUT2D eigenvalue weighted by Gasteiger charge is -2.30. The van der Waals surface area contributed by atoms with Gasteiger partial charge in [-0.05, 0) is 59.6 Å². The summed E-state index contributed by atoms with van der Waals surface area (Å²) in [7, 11) is 0. The molecule has 88 valence electrons. The molecule has 1 fully saturated rings. The number of piperidine rings is 1. The highest BCUT2D eigenvalue weighted by atomic mass is 79.9. The van der Waals surface area contributed by atoms with Crippen LogP contribution < -0.4 is 5.73 Å². The lowest BCUT2D eigenvalue weighted by Crippen LogP contribution is -2.39. The van der Waals surface area contributed by atoms with Crippen LogP contribution in [0.1, 0.15) is 18.4 Å². The largest absolute Gasteiger partial charge is 0.328 e. The first-order chi connectivity index (χ1) is 7.65. The molecule has 4 heteroatoms. The molecule has 1 saturated heterocycles. The maximum atomic E-state index is 5.97. The molecular formula is C12H16BrClN2. The first kappa shape index (κ1) is 12.4. The van der Waals surface area contributed by atoms with Crippen LogP contribution in [-0.4, -0.2) is 24.0 Å². The first-order valence-electron chi connectivity index (χ1n) is 5.57. The number of rotatable bonds is 2. The predicted octanol–water partition coefficient (Wildman–Crippen LogP) is 3.03. The zero-order valence-electron chi connectivity index (χ0n) is 9.13. The minimum atomic E-state index is 0.396. The van der Waals surface area contributed by atoms with Crippen LogP contribution in [0.15, 0.2) is 22.7 Å². The van der Waals surface area contributed by atoms with Gasteiger partial charge in [-0.1, -0.05) is 17.7 Å². The van der Waals surface area contributed by atoms with Gasteiger partial charge in [-0.25, -0.2) is 0 Å². The van der Waals surface area contributed by atoms with Crippen molar-refractivity contribution in [2.45, 2.75) is 25.4 Å². The van der Waals surface area contributed by atoms with Crippen LogP contribution in [0.2, 0.25) is 5.02 Å². The van der Waals surface area contributed by atoms with Gasteiger partial charge in [-0.2, -0.15) is 0 Å². The van der Waals surface area contributed by atoms with Crippen molar-refractivity contribution in [2.24, 2.45) is 5.73 Å². The molecule has 0 unspecified atom stereocenters. The fraction of sp³-hybridized carbons (Fsp3) is 0.500. The Morgan fingerprint density at radius 2 is 2.06 bits per heavy atom. The molecule has 2 nitrogen and oxygen atoms in total. The smallest absolute Gasteiger partial charge is 0.0548 e. The highest BCUT2D eigenvalue weighted by Gasteiger charge is 2.16. The van der Waals surface area contributed by atoms with Crippen LogP contribution >= 0.6 is 27.5 Å². The molecule has 0 amide bonds. The molecule has 1 aromatic carbocycles. The van der Waals surface area contributed by atoms with Gasteiger partial charge in [0.1, 0.15) is 0 Å². The van der Waals surface area contributed by atoms with Crippen LogP contribution in [0.3, 0.4) is 0 Å². The molecule has 16 heavy (non-hydrogen) atoms. The normalized spacial score (nSPS) is 18.9. The Kier molecular flexibility index (Phi) is 4.25. The minimum Gasteiger partial charge on any atom is -0.328 e. The summed E-state index contributed by atoms with van der Waals surface area (Å²) in [4.78, 5) is 2.44. The van der Waals surface area contributed by atoms with Crippen molar-refractivity contribution in [3.05, 3.63) is 33.3 Å². The molecule has 1 aliphatic heterocycles. The van der Waals surface area contributed by atoms with E-state index in [-0.39, 0.29) is 0 Å². The van der Waals surface area contributed by atoms with Crippen molar-refractivity contribution in [3.8, 4) is 0 Å². The van der Waals surface area contributed by atoms with E-state index in [2.05, 4.69) is 33.0 Å². The van der Waals surface area contributed by atoms with Crippen LogP contribution in [0, 0.1) is 0 Å². The number of benzene rings is 1. The van der Waals surface area contributed by atoms with Gasteiger partial charge in [0.25, 0.3) is 0 Å². The maximum Gasteiger partial charge on any atom is 0.0548 e. The second-order valence-electron chi connectivity index (χ2n) is 4.36. The molecule has 1 heterocycles. The van der Waals surface area contributed by atoms with E-state index in [1.807, 2.05) is 6.07 Å². The zero-order valence-corrected chi connectivity index (χ0v) is 11.5. The fourth-order valence-electron chi connectivity index (χ4n) is 2.01. The molecule has 1 aliphatic rings. The van der Waals surface area contributed by atoms with E-state index < -0.39 is 0 Å². The van der Waals surface area contributed by atoms with E-state index in [4.69, 9.17) is 17.3 Å². The van der Waals surface area contributed by atoms with Crippen LogP contribution in [0.25, 0.3) is 0 Å². The molecule has 0 spiro atoms. The number of likely N-dealkylation sites (tertiary alicyclic amines) is 1. The van der Waals surface area contributed by atoms with Gasteiger partial charge in [0.15, 0.2) is 0 Å². The predicted molar refractivity (Wildman–Crippen MR) is 71.6 cm³/mol. The maximum absolute atomic E-state index is 5.97. The lowest BCUT2D eigenvalue weighted by molar-refractivity contribution is 0.205. The van der Waals surface area contributed by atoms with Crippen molar-refractivity contribution in [1.82, 2.24) is 4.90 Å².